The Balaban J connectivity index is 2.15. The average Bonchev–Trinajstić information content (AvgIpc) is 2.73. The molecule has 1 aromatic heterocycles. The Bertz CT molecular complexity index is 388. The van der Waals surface area contributed by atoms with Crippen LogP contribution in [0.25, 0.3) is 0 Å². The predicted molar refractivity (Wildman–Crippen MR) is 73.1 cm³/mol. The van der Waals surface area contributed by atoms with Crippen molar-refractivity contribution in [1.29, 1.82) is 0 Å². The summed E-state index contributed by atoms with van der Waals surface area (Å²) >= 11 is 0. The number of nitrogens with zero attached hydrogens (tertiary/aromatic N) is 3. The number of hydrogen-bond donors (Lipinski definition) is 1. The molecule has 2 N–H and O–H groups in total. The number of aryl methyl sites for hydroxylation is 2. The van der Waals surface area contributed by atoms with Gasteiger partial charge in [0.15, 0.2) is 5.82 Å². The lowest BCUT2D eigenvalue weighted by atomic mass is 9.76. The topological polar surface area (TPSA) is 56.7 Å². The summed E-state index contributed by atoms with van der Waals surface area (Å²) < 4.78 is 1.90. The monoisotopic (exact) mass is 250 g/mol. The van der Waals surface area contributed by atoms with Crippen LogP contribution < -0.4 is 5.73 Å². The van der Waals surface area contributed by atoms with Crippen LogP contribution in [0.3, 0.4) is 0 Å². The molecule has 18 heavy (non-hydrogen) atoms. The zero-order valence-corrected chi connectivity index (χ0v) is 11.9. The Morgan fingerprint density at radius 1 is 1.33 bits per heavy atom. The third-order valence-corrected chi connectivity index (χ3v) is 4.30. The lowest BCUT2D eigenvalue weighted by molar-refractivity contribution is 0.217. The molecule has 1 heterocycles. The molecule has 1 aliphatic rings. The van der Waals surface area contributed by atoms with Gasteiger partial charge < -0.3 is 5.73 Å². The van der Waals surface area contributed by atoms with Gasteiger partial charge in [-0.3, -0.25) is 4.68 Å². The summed E-state index contributed by atoms with van der Waals surface area (Å²) in [6.07, 6.45) is 7.84. The van der Waals surface area contributed by atoms with Gasteiger partial charge in [-0.15, -0.1) is 0 Å². The van der Waals surface area contributed by atoms with Crippen molar-refractivity contribution in [3.63, 3.8) is 0 Å². The van der Waals surface area contributed by atoms with E-state index in [4.69, 9.17) is 5.73 Å². The highest BCUT2D eigenvalue weighted by molar-refractivity contribution is 5.09. The van der Waals surface area contributed by atoms with Gasteiger partial charge in [0, 0.05) is 13.5 Å². The minimum absolute atomic E-state index is 0.251. The summed E-state index contributed by atoms with van der Waals surface area (Å²) in [7, 11) is 1.97. The maximum atomic E-state index is 6.58. The van der Waals surface area contributed by atoms with Crippen LogP contribution in [0.4, 0.5) is 0 Å². The molecule has 0 unspecified atom stereocenters. The molecule has 0 radical (unpaired) electrons. The van der Waals surface area contributed by atoms with Gasteiger partial charge in [0.05, 0.1) is 5.54 Å². The lowest BCUT2D eigenvalue weighted by Crippen LogP contribution is -2.42. The van der Waals surface area contributed by atoms with Crippen LogP contribution in [0, 0.1) is 5.92 Å². The highest BCUT2D eigenvalue weighted by Crippen LogP contribution is 2.37. The van der Waals surface area contributed by atoms with Gasteiger partial charge in [0.1, 0.15) is 5.82 Å². The van der Waals surface area contributed by atoms with Crippen molar-refractivity contribution in [1.82, 2.24) is 14.8 Å². The van der Waals surface area contributed by atoms with Crippen LogP contribution in [-0.2, 0) is 19.0 Å². The van der Waals surface area contributed by atoms with Crippen LogP contribution in [-0.4, -0.2) is 14.8 Å². The minimum atomic E-state index is -0.251. The molecule has 0 amide bonds. The molecule has 4 nitrogen and oxygen atoms in total. The molecule has 1 saturated carbocycles. The fourth-order valence-electron chi connectivity index (χ4n) is 3.03. The van der Waals surface area contributed by atoms with E-state index < -0.39 is 0 Å². The van der Waals surface area contributed by atoms with Gasteiger partial charge >= 0.3 is 0 Å². The Labute approximate surface area is 110 Å². The van der Waals surface area contributed by atoms with Crippen LogP contribution in [0.15, 0.2) is 0 Å². The van der Waals surface area contributed by atoms with E-state index in [0.717, 1.165) is 43.3 Å². The third-order valence-electron chi connectivity index (χ3n) is 4.30. The molecule has 0 bridgehead atoms. The minimum Gasteiger partial charge on any atom is -0.319 e. The highest BCUT2D eigenvalue weighted by atomic mass is 15.3. The summed E-state index contributed by atoms with van der Waals surface area (Å²) in [5, 5.41) is 4.49. The molecule has 0 spiro atoms. The second-order valence-corrected chi connectivity index (χ2v) is 5.73. The van der Waals surface area contributed by atoms with Crippen LogP contribution in [0.5, 0.6) is 0 Å². The first-order valence-corrected chi connectivity index (χ1v) is 7.28. The number of aromatic nitrogens is 3. The predicted octanol–water partition coefficient (Wildman–Crippen LogP) is 2.52. The van der Waals surface area contributed by atoms with Crippen molar-refractivity contribution in [3.05, 3.63) is 11.6 Å². The summed E-state index contributed by atoms with van der Waals surface area (Å²) in [5.74, 6) is 2.78. The van der Waals surface area contributed by atoms with Crippen molar-refractivity contribution in [2.45, 2.75) is 64.3 Å². The Morgan fingerprint density at radius 2 is 2.00 bits per heavy atom. The van der Waals surface area contributed by atoms with Gasteiger partial charge in [0.2, 0.25) is 0 Å². The quantitative estimate of drug-likeness (QED) is 0.893. The van der Waals surface area contributed by atoms with Gasteiger partial charge in [-0.2, -0.15) is 5.10 Å². The molecule has 0 aromatic carbocycles. The molecule has 0 atom stereocenters. The van der Waals surface area contributed by atoms with Crippen LogP contribution >= 0.6 is 0 Å². The summed E-state index contributed by atoms with van der Waals surface area (Å²) in [5.41, 5.74) is 6.33. The summed E-state index contributed by atoms with van der Waals surface area (Å²) in [6, 6.07) is 0. The van der Waals surface area contributed by atoms with Crippen molar-refractivity contribution in [2.24, 2.45) is 18.7 Å². The number of rotatable bonds is 4. The lowest BCUT2D eigenvalue weighted by Gasteiger charge is -2.35. The Morgan fingerprint density at radius 3 is 2.56 bits per heavy atom. The maximum Gasteiger partial charge on any atom is 0.151 e. The fraction of sp³-hybridized carbons (Fsp3) is 0.857. The van der Waals surface area contributed by atoms with Crippen LogP contribution in [0.1, 0.15) is 64.0 Å². The molecule has 4 heteroatoms. The van der Waals surface area contributed by atoms with E-state index in [1.54, 1.807) is 0 Å². The van der Waals surface area contributed by atoms with Crippen molar-refractivity contribution in [2.75, 3.05) is 0 Å². The van der Waals surface area contributed by atoms with Gasteiger partial charge in [-0.1, -0.05) is 20.3 Å². The van der Waals surface area contributed by atoms with E-state index in [0.29, 0.717) is 0 Å². The number of hydrogen-bond acceptors (Lipinski definition) is 3. The smallest absolute Gasteiger partial charge is 0.151 e. The standard InChI is InChI=1S/C14H26N4/c1-4-6-12-16-13(18(3)17-12)14(15)9-7-11(5-2)8-10-14/h11H,4-10,15H2,1-3H3. The third kappa shape index (κ3) is 2.58. The summed E-state index contributed by atoms with van der Waals surface area (Å²) in [4.78, 5) is 4.67. The zero-order chi connectivity index (χ0) is 13.2. The van der Waals surface area contributed by atoms with E-state index in [-0.39, 0.29) is 5.54 Å². The molecule has 0 saturated heterocycles. The number of nitrogens with two attached hydrogens (primary N) is 1. The fourth-order valence-corrected chi connectivity index (χ4v) is 3.03. The normalized spacial score (nSPS) is 28.6. The van der Waals surface area contributed by atoms with Gasteiger partial charge in [-0.25, -0.2) is 4.98 Å². The van der Waals surface area contributed by atoms with Gasteiger partial charge in [0.25, 0.3) is 0 Å². The molecular weight excluding hydrogens is 224 g/mol. The largest absolute Gasteiger partial charge is 0.319 e. The molecule has 1 aliphatic carbocycles. The molecule has 0 aliphatic heterocycles. The van der Waals surface area contributed by atoms with Crippen molar-refractivity contribution < 1.29 is 0 Å². The van der Waals surface area contributed by atoms with E-state index in [1.807, 2.05) is 11.7 Å². The van der Waals surface area contributed by atoms with Crippen molar-refractivity contribution >= 4 is 0 Å². The van der Waals surface area contributed by atoms with E-state index in [9.17, 15) is 0 Å². The molecular formula is C14H26N4. The SMILES string of the molecule is CCCc1nc(C2(N)CCC(CC)CC2)n(C)n1. The second kappa shape index (κ2) is 5.39. The average molecular weight is 250 g/mol. The van der Waals surface area contributed by atoms with E-state index in [1.165, 1.54) is 19.3 Å². The molecule has 2 rings (SSSR count). The second-order valence-electron chi connectivity index (χ2n) is 5.73. The zero-order valence-electron chi connectivity index (χ0n) is 11.9. The van der Waals surface area contributed by atoms with Crippen molar-refractivity contribution in [3.8, 4) is 0 Å². The van der Waals surface area contributed by atoms with E-state index in [2.05, 4.69) is 23.9 Å². The van der Waals surface area contributed by atoms with Gasteiger partial charge in [-0.05, 0) is 38.0 Å². The molecule has 1 fully saturated rings. The summed E-state index contributed by atoms with van der Waals surface area (Å²) in [6.45, 7) is 4.43. The van der Waals surface area contributed by atoms with E-state index >= 15 is 0 Å². The maximum absolute atomic E-state index is 6.58. The first-order valence-electron chi connectivity index (χ1n) is 7.28. The molecule has 1 aromatic rings. The molecule has 102 valence electrons. The Hall–Kier alpha value is -0.900. The van der Waals surface area contributed by atoms with Crippen LogP contribution in [0.2, 0.25) is 0 Å². The highest BCUT2D eigenvalue weighted by Gasteiger charge is 2.36. The first kappa shape index (κ1) is 13.5. The first-order chi connectivity index (χ1) is 8.59. The Kier molecular flexibility index (Phi) is 4.05.